The van der Waals surface area contributed by atoms with E-state index in [1.807, 2.05) is 30.3 Å². The molecule has 6 nitrogen and oxygen atoms in total. The van der Waals surface area contributed by atoms with Crippen molar-refractivity contribution in [3.05, 3.63) is 35.9 Å². The summed E-state index contributed by atoms with van der Waals surface area (Å²) in [5.74, 6) is -0.453. The van der Waals surface area contributed by atoms with Gasteiger partial charge < -0.3 is 9.64 Å². The van der Waals surface area contributed by atoms with Gasteiger partial charge in [0, 0.05) is 12.1 Å². The van der Waals surface area contributed by atoms with Gasteiger partial charge in [-0.3, -0.25) is 9.59 Å². The van der Waals surface area contributed by atoms with Crippen LogP contribution in [0.2, 0.25) is 0 Å². The number of carbonyl (C=O) groups is 2. The van der Waals surface area contributed by atoms with Gasteiger partial charge >= 0.3 is 5.97 Å². The summed E-state index contributed by atoms with van der Waals surface area (Å²) in [5.41, 5.74) is 0.318. The Balaban J connectivity index is 1.42. The number of nitrogens with zero attached hydrogens (tertiary/aromatic N) is 1. The lowest BCUT2D eigenvalue weighted by molar-refractivity contribution is -0.156. The minimum Gasteiger partial charge on any atom is -0.455 e. The van der Waals surface area contributed by atoms with Gasteiger partial charge in [0.25, 0.3) is 5.91 Å². The third kappa shape index (κ3) is 3.81. The van der Waals surface area contributed by atoms with Crippen molar-refractivity contribution in [2.24, 2.45) is 0 Å². The molecule has 1 saturated heterocycles. The molecule has 1 aliphatic heterocycles. The van der Waals surface area contributed by atoms with Crippen molar-refractivity contribution in [1.82, 2.24) is 4.90 Å². The molecular weight excluding hydrogens is 378 g/mol. The number of hydrogen-bond acceptors (Lipinski definition) is 5. The predicted molar refractivity (Wildman–Crippen MR) is 104 cm³/mol. The Morgan fingerprint density at radius 3 is 2.29 bits per heavy atom. The Morgan fingerprint density at radius 2 is 1.71 bits per heavy atom. The second-order valence-corrected chi connectivity index (χ2v) is 10.5. The maximum absolute atomic E-state index is 13.0. The van der Waals surface area contributed by atoms with E-state index in [0.717, 1.165) is 44.1 Å². The molecule has 0 bridgehead atoms. The molecule has 2 aliphatic carbocycles. The average Bonchev–Trinajstić information content (AvgIpc) is 3.18. The van der Waals surface area contributed by atoms with Crippen molar-refractivity contribution in [3.8, 4) is 0 Å². The molecule has 3 fully saturated rings. The highest BCUT2D eigenvalue weighted by Gasteiger charge is 2.53. The molecule has 152 valence electrons. The zero-order chi connectivity index (χ0) is 19.8. The van der Waals surface area contributed by atoms with Crippen molar-refractivity contribution in [1.29, 1.82) is 0 Å². The Morgan fingerprint density at radius 1 is 1.04 bits per heavy atom. The van der Waals surface area contributed by atoms with E-state index in [1.165, 1.54) is 0 Å². The Labute approximate surface area is 166 Å². The van der Waals surface area contributed by atoms with Crippen LogP contribution in [0, 0.1) is 0 Å². The summed E-state index contributed by atoms with van der Waals surface area (Å²) in [7, 11) is -3.09. The number of hydrogen-bond donors (Lipinski definition) is 0. The molecule has 4 rings (SSSR count). The lowest BCUT2D eigenvalue weighted by Crippen LogP contribution is -2.48. The van der Waals surface area contributed by atoms with Crippen LogP contribution in [0.15, 0.2) is 30.3 Å². The van der Waals surface area contributed by atoms with Gasteiger partial charge in [-0.05, 0) is 37.7 Å². The third-order valence-corrected chi connectivity index (χ3v) is 8.15. The second kappa shape index (κ2) is 7.50. The molecule has 1 atom stereocenters. The minimum absolute atomic E-state index is 0.0249. The zero-order valence-electron chi connectivity index (χ0n) is 16.0. The van der Waals surface area contributed by atoms with Crippen molar-refractivity contribution >= 4 is 21.7 Å². The first-order valence-electron chi connectivity index (χ1n) is 10.2. The van der Waals surface area contributed by atoms with E-state index in [4.69, 9.17) is 4.74 Å². The average molecular weight is 406 g/mol. The number of esters is 1. The largest absolute Gasteiger partial charge is 0.455 e. The summed E-state index contributed by atoms with van der Waals surface area (Å²) in [6.45, 7) is -0.305. The Kier molecular flexibility index (Phi) is 5.21. The second-order valence-electron chi connectivity index (χ2n) is 8.32. The molecular formula is C21H27NO5S. The highest BCUT2D eigenvalue weighted by molar-refractivity contribution is 7.91. The van der Waals surface area contributed by atoms with Crippen LogP contribution in [0.4, 0.5) is 0 Å². The number of ether oxygens (including phenoxy) is 1. The van der Waals surface area contributed by atoms with Crippen LogP contribution in [-0.4, -0.2) is 55.4 Å². The number of sulfone groups is 1. The summed E-state index contributed by atoms with van der Waals surface area (Å²) < 4.78 is 29.3. The van der Waals surface area contributed by atoms with E-state index in [2.05, 4.69) is 0 Å². The SMILES string of the molecule is O=C(COC(=O)C1(c2ccccc2)CC1)N(C1CCCC1)[C@@H]1CCS(=O)(=O)C1. The minimum atomic E-state index is -3.09. The summed E-state index contributed by atoms with van der Waals surface area (Å²) in [6.07, 6.45) is 5.82. The smallest absolute Gasteiger partial charge is 0.317 e. The number of carbonyl (C=O) groups excluding carboxylic acids is 2. The first-order chi connectivity index (χ1) is 13.4. The molecule has 1 aromatic carbocycles. The van der Waals surface area contributed by atoms with Crippen LogP contribution < -0.4 is 0 Å². The lowest BCUT2D eigenvalue weighted by atomic mass is 9.96. The summed E-state index contributed by atoms with van der Waals surface area (Å²) in [6, 6.07) is 9.32. The highest BCUT2D eigenvalue weighted by Crippen LogP contribution is 2.49. The molecule has 1 heterocycles. The van der Waals surface area contributed by atoms with Gasteiger partial charge in [0.15, 0.2) is 16.4 Å². The van der Waals surface area contributed by atoms with Gasteiger partial charge in [0.05, 0.1) is 16.9 Å². The van der Waals surface area contributed by atoms with Gasteiger partial charge in [-0.1, -0.05) is 43.2 Å². The van der Waals surface area contributed by atoms with Crippen LogP contribution in [0.3, 0.4) is 0 Å². The van der Waals surface area contributed by atoms with Gasteiger partial charge in [0.1, 0.15) is 0 Å². The highest BCUT2D eigenvalue weighted by atomic mass is 32.2. The molecule has 1 amide bonds. The van der Waals surface area contributed by atoms with Crippen molar-refractivity contribution in [2.75, 3.05) is 18.1 Å². The fourth-order valence-corrected chi connectivity index (χ4v) is 6.43. The molecule has 0 unspecified atom stereocenters. The fraction of sp³-hybridized carbons (Fsp3) is 0.619. The third-order valence-electron chi connectivity index (χ3n) is 6.40. The molecule has 7 heteroatoms. The first-order valence-corrected chi connectivity index (χ1v) is 12.0. The van der Waals surface area contributed by atoms with E-state index >= 15 is 0 Å². The van der Waals surface area contributed by atoms with Crippen LogP contribution in [0.5, 0.6) is 0 Å². The number of amides is 1. The fourth-order valence-electron chi connectivity index (χ4n) is 4.72. The van der Waals surface area contributed by atoms with Gasteiger partial charge in [-0.2, -0.15) is 0 Å². The van der Waals surface area contributed by atoms with Crippen LogP contribution in [0.1, 0.15) is 50.5 Å². The van der Waals surface area contributed by atoms with Crippen LogP contribution in [0.25, 0.3) is 0 Å². The van der Waals surface area contributed by atoms with E-state index in [9.17, 15) is 18.0 Å². The van der Waals surface area contributed by atoms with Crippen molar-refractivity contribution < 1.29 is 22.7 Å². The van der Waals surface area contributed by atoms with E-state index in [1.54, 1.807) is 4.90 Å². The van der Waals surface area contributed by atoms with Crippen molar-refractivity contribution in [2.45, 2.75) is 62.4 Å². The quantitative estimate of drug-likeness (QED) is 0.678. The molecule has 0 spiro atoms. The summed E-state index contributed by atoms with van der Waals surface area (Å²) in [4.78, 5) is 27.4. The van der Waals surface area contributed by atoms with Gasteiger partial charge in [0.2, 0.25) is 0 Å². The van der Waals surface area contributed by atoms with Crippen LogP contribution >= 0.6 is 0 Å². The topological polar surface area (TPSA) is 80.8 Å². The monoisotopic (exact) mass is 405 g/mol. The summed E-state index contributed by atoms with van der Waals surface area (Å²) in [5, 5.41) is 0. The molecule has 0 radical (unpaired) electrons. The normalized spacial score (nSPS) is 25.4. The molecule has 0 aromatic heterocycles. The first kappa shape index (κ1) is 19.4. The Bertz CT molecular complexity index is 841. The molecule has 2 saturated carbocycles. The van der Waals surface area contributed by atoms with E-state index in [0.29, 0.717) is 6.42 Å². The van der Waals surface area contributed by atoms with E-state index in [-0.39, 0.29) is 42.1 Å². The maximum atomic E-state index is 13.0. The summed E-state index contributed by atoms with van der Waals surface area (Å²) >= 11 is 0. The zero-order valence-corrected chi connectivity index (χ0v) is 16.8. The number of benzene rings is 1. The standard InChI is InChI=1S/C21H27NO5S/c23-19(14-27-20(24)21(11-12-21)16-6-2-1-3-7-16)22(17-8-4-5-9-17)18-10-13-28(25,26)15-18/h1-3,6-7,17-18H,4-5,8-15H2/t18-/m1/s1. The number of rotatable bonds is 6. The van der Waals surface area contributed by atoms with Gasteiger partial charge in [-0.25, -0.2) is 8.42 Å². The molecule has 1 aromatic rings. The van der Waals surface area contributed by atoms with Gasteiger partial charge in [-0.15, -0.1) is 0 Å². The molecule has 28 heavy (non-hydrogen) atoms. The lowest BCUT2D eigenvalue weighted by Gasteiger charge is -2.34. The molecule has 0 N–H and O–H groups in total. The Hall–Kier alpha value is -1.89. The van der Waals surface area contributed by atoms with Crippen molar-refractivity contribution in [3.63, 3.8) is 0 Å². The van der Waals surface area contributed by atoms with Crippen LogP contribution in [-0.2, 0) is 29.6 Å². The predicted octanol–water partition coefficient (Wildman–Crippen LogP) is 2.22. The molecule has 3 aliphatic rings. The van der Waals surface area contributed by atoms with E-state index < -0.39 is 15.3 Å². The maximum Gasteiger partial charge on any atom is 0.317 e.